The van der Waals surface area contributed by atoms with Crippen molar-refractivity contribution in [3.63, 3.8) is 0 Å². The van der Waals surface area contributed by atoms with Crippen LogP contribution in [0.1, 0.15) is 17.3 Å². The molecule has 0 N–H and O–H groups in total. The van der Waals surface area contributed by atoms with Crippen molar-refractivity contribution in [2.45, 2.75) is 6.92 Å². The van der Waals surface area contributed by atoms with Crippen LogP contribution >= 0.6 is 0 Å². The second kappa shape index (κ2) is 5.14. The van der Waals surface area contributed by atoms with Gasteiger partial charge in [-0.3, -0.25) is 4.79 Å². The molecule has 0 fully saturated rings. The van der Waals surface area contributed by atoms with Gasteiger partial charge in [-0.15, -0.1) is 0 Å². The second-order valence-corrected chi connectivity index (χ2v) is 3.87. The molecule has 2 rings (SSSR count). The van der Waals surface area contributed by atoms with Gasteiger partial charge in [0.15, 0.2) is 17.3 Å². The van der Waals surface area contributed by atoms with Crippen LogP contribution in [0.15, 0.2) is 36.4 Å². The molecule has 5 heteroatoms. The molecule has 19 heavy (non-hydrogen) atoms. The molecule has 0 heterocycles. The van der Waals surface area contributed by atoms with Crippen LogP contribution in [0.25, 0.3) is 0 Å². The topological polar surface area (TPSA) is 26.3 Å². The van der Waals surface area contributed by atoms with Crippen molar-refractivity contribution in [3.05, 3.63) is 59.4 Å². The summed E-state index contributed by atoms with van der Waals surface area (Å²) in [5.74, 6) is -2.89. The lowest BCUT2D eigenvalue weighted by Crippen LogP contribution is -1.99. The molecule has 0 aromatic heterocycles. The lowest BCUT2D eigenvalue weighted by Gasteiger charge is -2.10. The Bertz CT molecular complexity index is 639. The van der Waals surface area contributed by atoms with Gasteiger partial charge in [-0.2, -0.15) is 0 Å². The minimum Gasteiger partial charge on any atom is -0.454 e. The van der Waals surface area contributed by atoms with Crippen LogP contribution < -0.4 is 4.74 Å². The van der Waals surface area contributed by atoms with Gasteiger partial charge < -0.3 is 4.74 Å². The maximum absolute atomic E-state index is 13.4. The SMILES string of the molecule is CC(=O)c1cc(F)ccc1Oc1ccc(F)cc1F. The number of carbonyl (C=O) groups is 1. The van der Waals surface area contributed by atoms with Gasteiger partial charge in [-0.05, 0) is 37.3 Å². The number of rotatable bonds is 3. The molecule has 98 valence electrons. The highest BCUT2D eigenvalue weighted by atomic mass is 19.1. The summed E-state index contributed by atoms with van der Waals surface area (Å²) in [7, 11) is 0. The smallest absolute Gasteiger partial charge is 0.168 e. The van der Waals surface area contributed by atoms with Crippen molar-refractivity contribution in [3.8, 4) is 11.5 Å². The van der Waals surface area contributed by atoms with E-state index >= 15 is 0 Å². The van der Waals surface area contributed by atoms with E-state index < -0.39 is 23.2 Å². The number of carbonyl (C=O) groups excluding carboxylic acids is 1. The molecule has 0 aliphatic rings. The quantitative estimate of drug-likeness (QED) is 0.782. The summed E-state index contributed by atoms with van der Waals surface area (Å²) in [5.41, 5.74) is -0.0104. The van der Waals surface area contributed by atoms with Crippen LogP contribution in [0, 0.1) is 17.5 Å². The molecule has 0 unspecified atom stereocenters. The molecule has 0 aliphatic carbocycles. The zero-order valence-corrected chi connectivity index (χ0v) is 9.91. The fraction of sp³-hybridized carbons (Fsp3) is 0.0714. The molecule has 0 radical (unpaired) electrons. The van der Waals surface area contributed by atoms with Gasteiger partial charge in [-0.25, -0.2) is 13.2 Å². The highest BCUT2D eigenvalue weighted by molar-refractivity contribution is 5.96. The molecule has 0 saturated carbocycles. The van der Waals surface area contributed by atoms with Crippen molar-refractivity contribution in [2.24, 2.45) is 0 Å². The predicted octanol–water partition coefficient (Wildman–Crippen LogP) is 4.10. The lowest BCUT2D eigenvalue weighted by molar-refractivity contribution is 0.101. The Morgan fingerprint density at radius 2 is 1.53 bits per heavy atom. The monoisotopic (exact) mass is 266 g/mol. The van der Waals surface area contributed by atoms with Gasteiger partial charge in [0.25, 0.3) is 0 Å². The van der Waals surface area contributed by atoms with Crippen molar-refractivity contribution in [1.29, 1.82) is 0 Å². The van der Waals surface area contributed by atoms with Crippen LogP contribution in [0.5, 0.6) is 11.5 Å². The predicted molar refractivity (Wildman–Crippen MR) is 62.8 cm³/mol. The first kappa shape index (κ1) is 13.1. The van der Waals surface area contributed by atoms with E-state index in [2.05, 4.69) is 0 Å². The third-order valence-corrected chi connectivity index (χ3v) is 2.43. The van der Waals surface area contributed by atoms with E-state index in [9.17, 15) is 18.0 Å². The van der Waals surface area contributed by atoms with E-state index in [0.29, 0.717) is 6.07 Å². The maximum atomic E-state index is 13.4. The van der Waals surface area contributed by atoms with E-state index in [1.807, 2.05) is 0 Å². The highest BCUT2D eigenvalue weighted by Crippen LogP contribution is 2.28. The summed E-state index contributed by atoms with van der Waals surface area (Å²) in [5, 5.41) is 0. The Kier molecular flexibility index (Phi) is 3.55. The van der Waals surface area contributed by atoms with Crippen LogP contribution in [0.2, 0.25) is 0 Å². The van der Waals surface area contributed by atoms with Crippen molar-refractivity contribution in [2.75, 3.05) is 0 Å². The fourth-order valence-electron chi connectivity index (χ4n) is 1.54. The van der Waals surface area contributed by atoms with Gasteiger partial charge in [-0.1, -0.05) is 0 Å². The average molecular weight is 266 g/mol. The Morgan fingerprint density at radius 1 is 0.947 bits per heavy atom. The fourth-order valence-corrected chi connectivity index (χ4v) is 1.54. The van der Waals surface area contributed by atoms with Crippen molar-refractivity contribution < 1.29 is 22.7 Å². The standard InChI is InChI=1S/C14H9F3O2/c1-8(18)11-6-9(15)2-4-13(11)19-14-5-3-10(16)7-12(14)17/h2-7H,1H3. The lowest BCUT2D eigenvalue weighted by atomic mass is 10.1. The average Bonchev–Trinajstić information content (AvgIpc) is 2.34. The second-order valence-electron chi connectivity index (χ2n) is 3.87. The van der Waals surface area contributed by atoms with Crippen molar-refractivity contribution >= 4 is 5.78 Å². The summed E-state index contributed by atoms with van der Waals surface area (Å²) in [6.07, 6.45) is 0. The summed E-state index contributed by atoms with van der Waals surface area (Å²) in [6, 6.07) is 6.08. The van der Waals surface area contributed by atoms with Crippen LogP contribution in [0.4, 0.5) is 13.2 Å². The molecule has 2 aromatic rings. The first-order valence-electron chi connectivity index (χ1n) is 5.41. The minimum atomic E-state index is -0.904. The number of halogens is 3. The Balaban J connectivity index is 2.40. The Labute approximate surface area is 107 Å². The maximum Gasteiger partial charge on any atom is 0.168 e. The Hall–Kier alpha value is -2.30. The molecule has 0 spiro atoms. The van der Waals surface area contributed by atoms with Crippen LogP contribution in [0.3, 0.4) is 0 Å². The largest absolute Gasteiger partial charge is 0.454 e. The number of hydrogen-bond donors (Lipinski definition) is 0. The van der Waals surface area contributed by atoms with E-state index in [0.717, 1.165) is 24.3 Å². The minimum absolute atomic E-state index is 0.0104. The number of ether oxygens (including phenoxy) is 1. The zero-order valence-electron chi connectivity index (χ0n) is 9.91. The molecular weight excluding hydrogens is 257 g/mol. The van der Waals surface area contributed by atoms with Crippen LogP contribution in [-0.2, 0) is 0 Å². The Morgan fingerprint density at radius 3 is 2.11 bits per heavy atom. The van der Waals surface area contributed by atoms with E-state index in [1.165, 1.54) is 13.0 Å². The number of hydrogen-bond acceptors (Lipinski definition) is 2. The third kappa shape index (κ3) is 2.93. The van der Waals surface area contributed by atoms with E-state index in [4.69, 9.17) is 4.74 Å². The van der Waals surface area contributed by atoms with Gasteiger partial charge in [0.05, 0.1) is 5.56 Å². The normalized spacial score (nSPS) is 10.3. The number of ketones is 1. The molecule has 0 saturated heterocycles. The third-order valence-electron chi connectivity index (χ3n) is 2.43. The summed E-state index contributed by atoms with van der Waals surface area (Å²) in [4.78, 5) is 11.3. The number of Topliss-reactive ketones (excluding diaryl/α,β-unsaturated/α-hetero) is 1. The van der Waals surface area contributed by atoms with Gasteiger partial charge in [0.2, 0.25) is 0 Å². The molecule has 0 bridgehead atoms. The van der Waals surface area contributed by atoms with E-state index in [1.54, 1.807) is 0 Å². The van der Waals surface area contributed by atoms with Crippen LogP contribution in [-0.4, -0.2) is 5.78 Å². The number of benzene rings is 2. The first-order chi connectivity index (χ1) is 8.97. The molecule has 0 atom stereocenters. The summed E-state index contributed by atoms with van der Waals surface area (Å²) in [6.45, 7) is 1.24. The molecule has 2 nitrogen and oxygen atoms in total. The summed E-state index contributed by atoms with van der Waals surface area (Å²) < 4.78 is 44.4. The highest BCUT2D eigenvalue weighted by Gasteiger charge is 2.13. The van der Waals surface area contributed by atoms with Crippen molar-refractivity contribution in [1.82, 2.24) is 0 Å². The van der Waals surface area contributed by atoms with Gasteiger partial charge in [0.1, 0.15) is 17.4 Å². The first-order valence-corrected chi connectivity index (χ1v) is 5.41. The van der Waals surface area contributed by atoms with Gasteiger partial charge in [0, 0.05) is 6.07 Å². The molecule has 0 aliphatic heterocycles. The zero-order chi connectivity index (χ0) is 14.0. The summed E-state index contributed by atoms with van der Waals surface area (Å²) >= 11 is 0. The molecule has 0 amide bonds. The van der Waals surface area contributed by atoms with Gasteiger partial charge >= 0.3 is 0 Å². The van der Waals surface area contributed by atoms with E-state index in [-0.39, 0.29) is 17.1 Å². The molecule has 2 aromatic carbocycles. The molecular formula is C14H9F3O2.